The van der Waals surface area contributed by atoms with E-state index in [1.54, 1.807) is 26.4 Å². The fourth-order valence-electron chi connectivity index (χ4n) is 3.14. The maximum atomic E-state index is 12.6. The van der Waals surface area contributed by atoms with Gasteiger partial charge in [0.1, 0.15) is 24.7 Å². The molecule has 7 heteroatoms. The highest BCUT2D eigenvalue weighted by atomic mass is 35.5. The molecule has 3 aromatic carbocycles. The monoisotopic (exact) mass is 470 g/mol. The summed E-state index contributed by atoms with van der Waals surface area (Å²) in [4.78, 5) is 12.6. The molecule has 0 aromatic heterocycles. The van der Waals surface area contributed by atoms with E-state index in [1.165, 1.54) is 0 Å². The maximum absolute atomic E-state index is 12.6. The lowest BCUT2D eigenvalue weighted by atomic mass is 10.1. The van der Waals surface area contributed by atoms with Gasteiger partial charge in [-0.05, 0) is 53.9 Å². The summed E-state index contributed by atoms with van der Waals surface area (Å²) in [7, 11) is 3.22. The molecule has 0 saturated heterocycles. The summed E-state index contributed by atoms with van der Waals surface area (Å²) in [5.74, 6) is 2.08. The molecule has 0 heterocycles. The van der Waals surface area contributed by atoms with Crippen molar-refractivity contribution in [1.29, 1.82) is 0 Å². The third-order valence-corrected chi connectivity index (χ3v) is 5.39. The number of aliphatic hydroxyl groups excluding tert-OH is 1. The molecule has 0 radical (unpaired) electrons. The summed E-state index contributed by atoms with van der Waals surface area (Å²) >= 11 is 6.60. The highest BCUT2D eigenvalue weighted by Crippen LogP contribution is 2.39. The largest absolute Gasteiger partial charge is 0.497 e. The Labute approximate surface area is 198 Å². The molecule has 3 aromatic rings. The van der Waals surface area contributed by atoms with Gasteiger partial charge in [-0.2, -0.15) is 0 Å². The predicted molar refractivity (Wildman–Crippen MR) is 127 cm³/mol. The lowest BCUT2D eigenvalue weighted by Crippen LogP contribution is -2.06. The van der Waals surface area contributed by atoms with Crippen molar-refractivity contribution in [3.05, 3.63) is 82.4 Å². The zero-order valence-corrected chi connectivity index (χ0v) is 19.4. The average molecular weight is 471 g/mol. The minimum Gasteiger partial charge on any atom is -0.497 e. The number of hydrogen-bond acceptors (Lipinski definition) is 6. The third kappa shape index (κ3) is 6.63. The normalized spacial score (nSPS) is 10.5. The molecule has 1 N–H and O–H groups in total. The van der Waals surface area contributed by atoms with E-state index in [-0.39, 0.29) is 37.0 Å². The van der Waals surface area contributed by atoms with Crippen LogP contribution < -0.4 is 18.9 Å². The fourth-order valence-corrected chi connectivity index (χ4v) is 3.45. The lowest BCUT2D eigenvalue weighted by molar-refractivity contribution is 0.0971. The Hall–Kier alpha value is -3.22. The zero-order chi connectivity index (χ0) is 23.6. The average Bonchev–Trinajstić information content (AvgIpc) is 2.86. The van der Waals surface area contributed by atoms with E-state index in [4.69, 9.17) is 35.7 Å². The second kappa shape index (κ2) is 12.1. The molecule has 174 valence electrons. The standard InChI is InChI=1S/C26H27ClO6/c1-30-20-9-5-18(6-10-20)16-32-24-14-13-22(23(29)4-3-15-28)25(27)26(24)33-17-19-7-11-21(31-2)12-8-19/h5-14,28H,3-4,15-17H2,1-2H3. The Morgan fingerprint density at radius 3 is 1.88 bits per heavy atom. The smallest absolute Gasteiger partial charge is 0.180 e. The first-order valence-electron chi connectivity index (χ1n) is 10.5. The molecule has 0 aliphatic heterocycles. The van der Waals surface area contributed by atoms with E-state index >= 15 is 0 Å². The zero-order valence-electron chi connectivity index (χ0n) is 18.7. The van der Waals surface area contributed by atoms with Crippen LogP contribution in [0, 0.1) is 0 Å². The number of rotatable bonds is 12. The first kappa shape index (κ1) is 24.4. The number of Topliss-reactive ketones (excluding diaryl/α,β-unsaturated/α-hetero) is 1. The molecule has 0 unspecified atom stereocenters. The van der Waals surface area contributed by atoms with Crippen LogP contribution in [0.2, 0.25) is 5.02 Å². The van der Waals surface area contributed by atoms with Crippen molar-refractivity contribution >= 4 is 17.4 Å². The van der Waals surface area contributed by atoms with Crippen LogP contribution in [-0.2, 0) is 13.2 Å². The van der Waals surface area contributed by atoms with Gasteiger partial charge in [0.05, 0.1) is 19.2 Å². The number of benzene rings is 3. The summed E-state index contributed by atoms with van der Waals surface area (Å²) < 4.78 is 22.4. The second-order valence-corrected chi connectivity index (χ2v) is 7.66. The SMILES string of the molecule is COc1ccc(COc2ccc(C(=O)CCCO)c(Cl)c2OCc2ccc(OC)cc2)cc1. The van der Waals surface area contributed by atoms with E-state index in [0.29, 0.717) is 23.5 Å². The molecule has 6 nitrogen and oxygen atoms in total. The molecule has 33 heavy (non-hydrogen) atoms. The molecule has 0 bridgehead atoms. The highest BCUT2D eigenvalue weighted by Gasteiger charge is 2.19. The van der Waals surface area contributed by atoms with Gasteiger partial charge in [-0.1, -0.05) is 35.9 Å². The van der Waals surface area contributed by atoms with Gasteiger partial charge in [-0.3, -0.25) is 4.79 Å². The number of ether oxygens (including phenoxy) is 4. The fraction of sp³-hybridized carbons (Fsp3) is 0.269. The number of methoxy groups -OCH3 is 2. The molecular formula is C26H27ClO6. The molecule has 0 spiro atoms. The highest BCUT2D eigenvalue weighted by molar-refractivity contribution is 6.35. The minimum atomic E-state index is -0.162. The van der Waals surface area contributed by atoms with Gasteiger partial charge in [0.25, 0.3) is 0 Å². The second-order valence-electron chi connectivity index (χ2n) is 7.28. The van der Waals surface area contributed by atoms with Crippen LogP contribution in [0.15, 0.2) is 60.7 Å². The van der Waals surface area contributed by atoms with Crippen LogP contribution in [0.25, 0.3) is 0 Å². The first-order valence-corrected chi connectivity index (χ1v) is 10.9. The lowest BCUT2D eigenvalue weighted by Gasteiger charge is -2.17. The predicted octanol–water partition coefficient (Wildman–Crippen LogP) is 5.47. The van der Waals surface area contributed by atoms with E-state index in [0.717, 1.165) is 22.6 Å². The Bertz CT molecular complexity index is 1050. The summed E-state index contributed by atoms with van der Waals surface area (Å²) in [6, 6.07) is 18.3. The quantitative estimate of drug-likeness (QED) is 0.354. The Balaban J connectivity index is 1.82. The minimum absolute atomic E-state index is 0.0623. The Morgan fingerprint density at radius 1 is 0.818 bits per heavy atom. The number of hydrogen-bond donors (Lipinski definition) is 1. The van der Waals surface area contributed by atoms with E-state index in [1.807, 2.05) is 48.5 Å². The number of aliphatic hydroxyl groups is 1. The third-order valence-electron chi connectivity index (χ3n) is 5.02. The van der Waals surface area contributed by atoms with Gasteiger partial charge < -0.3 is 24.1 Å². The van der Waals surface area contributed by atoms with Crippen LogP contribution in [0.4, 0.5) is 0 Å². The molecule has 0 fully saturated rings. The van der Waals surface area contributed by atoms with Crippen molar-refractivity contribution in [2.45, 2.75) is 26.1 Å². The summed E-state index contributed by atoms with van der Waals surface area (Å²) in [5.41, 5.74) is 2.19. The number of carbonyl (C=O) groups excluding carboxylic acids is 1. The Morgan fingerprint density at radius 2 is 1.36 bits per heavy atom. The molecule has 0 amide bonds. The first-order chi connectivity index (χ1) is 16.0. The topological polar surface area (TPSA) is 74.2 Å². The van der Waals surface area contributed by atoms with Crippen LogP contribution >= 0.6 is 11.6 Å². The summed E-state index contributed by atoms with van der Waals surface area (Å²) in [6.07, 6.45) is 0.563. The van der Waals surface area contributed by atoms with Crippen molar-refractivity contribution in [1.82, 2.24) is 0 Å². The van der Waals surface area contributed by atoms with Gasteiger partial charge >= 0.3 is 0 Å². The van der Waals surface area contributed by atoms with Crippen LogP contribution in [0.3, 0.4) is 0 Å². The molecule has 0 atom stereocenters. The molecule has 0 saturated carbocycles. The van der Waals surface area contributed by atoms with E-state index in [2.05, 4.69) is 0 Å². The number of ketones is 1. The van der Waals surface area contributed by atoms with Gasteiger partial charge in [-0.25, -0.2) is 0 Å². The molecule has 3 rings (SSSR count). The summed E-state index contributed by atoms with van der Waals surface area (Å²) in [6.45, 7) is 0.459. The number of carbonyl (C=O) groups is 1. The van der Waals surface area contributed by atoms with E-state index in [9.17, 15) is 4.79 Å². The summed E-state index contributed by atoms with van der Waals surface area (Å²) in [5, 5.41) is 9.24. The van der Waals surface area contributed by atoms with Crippen LogP contribution in [0.5, 0.6) is 23.0 Å². The van der Waals surface area contributed by atoms with Crippen LogP contribution in [0.1, 0.15) is 34.3 Å². The van der Waals surface area contributed by atoms with E-state index < -0.39 is 0 Å². The van der Waals surface area contributed by atoms with Crippen molar-refractivity contribution < 1.29 is 28.8 Å². The van der Waals surface area contributed by atoms with Crippen molar-refractivity contribution in [3.8, 4) is 23.0 Å². The van der Waals surface area contributed by atoms with Crippen molar-refractivity contribution in [2.24, 2.45) is 0 Å². The van der Waals surface area contributed by atoms with Gasteiger partial charge in [0.2, 0.25) is 0 Å². The van der Waals surface area contributed by atoms with Crippen molar-refractivity contribution in [3.63, 3.8) is 0 Å². The van der Waals surface area contributed by atoms with Gasteiger partial charge in [-0.15, -0.1) is 0 Å². The molecular weight excluding hydrogens is 444 g/mol. The van der Waals surface area contributed by atoms with Gasteiger partial charge in [0, 0.05) is 18.6 Å². The van der Waals surface area contributed by atoms with Crippen LogP contribution in [-0.4, -0.2) is 31.7 Å². The molecule has 0 aliphatic rings. The number of halogens is 1. The Kier molecular flexibility index (Phi) is 8.98. The van der Waals surface area contributed by atoms with Crippen molar-refractivity contribution in [2.75, 3.05) is 20.8 Å². The van der Waals surface area contributed by atoms with Gasteiger partial charge in [0.15, 0.2) is 17.3 Å². The molecule has 0 aliphatic carbocycles. The maximum Gasteiger partial charge on any atom is 0.180 e.